The molecule has 2 rings (SSSR count). The molecule has 1 aliphatic rings. The number of hydrogen-bond acceptors (Lipinski definition) is 4. The van der Waals surface area contributed by atoms with Crippen LogP contribution in [-0.2, 0) is 4.74 Å². The number of methoxy groups -OCH3 is 2. The maximum absolute atomic E-state index is 6.34. The third-order valence-electron chi connectivity index (χ3n) is 3.75. The Morgan fingerprint density at radius 3 is 2.65 bits per heavy atom. The van der Waals surface area contributed by atoms with E-state index in [1.165, 1.54) is 6.42 Å². The molecule has 0 saturated carbocycles. The lowest BCUT2D eigenvalue weighted by Crippen LogP contribution is -2.34. The summed E-state index contributed by atoms with van der Waals surface area (Å²) in [6.07, 6.45) is 3.51. The van der Waals surface area contributed by atoms with E-state index in [2.05, 4.69) is 5.32 Å². The van der Waals surface area contributed by atoms with Gasteiger partial charge in [-0.3, -0.25) is 0 Å². The predicted molar refractivity (Wildman–Crippen MR) is 79.9 cm³/mol. The molecule has 1 heterocycles. The highest BCUT2D eigenvalue weighted by Gasteiger charge is 2.28. The van der Waals surface area contributed by atoms with Gasteiger partial charge in [0.1, 0.15) is 16.5 Å². The average Bonchev–Trinajstić information content (AvgIpc) is 2.49. The molecule has 2 unspecified atom stereocenters. The summed E-state index contributed by atoms with van der Waals surface area (Å²) in [5.41, 5.74) is 1.01. The van der Waals surface area contributed by atoms with Crippen molar-refractivity contribution in [3.8, 4) is 11.5 Å². The van der Waals surface area contributed by atoms with Crippen LogP contribution in [0.2, 0.25) is 5.02 Å². The first-order chi connectivity index (χ1) is 9.72. The lowest BCUT2D eigenvalue weighted by Gasteiger charge is -2.31. The summed E-state index contributed by atoms with van der Waals surface area (Å²) in [7, 11) is 5.15. The first-order valence-corrected chi connectivity index (χ1v) is 7.30. The fourth-order valence-electron chi connectivity index (χ4n) is 2.73. The molecular formula is C15H22ClNO3. The van der Waals surface area contributed by atoms with E-state index in [4.69, 9.17) is 25.8 Å². The van der Waals surface area contributed by atoms with Crippen molar-refractivity contribution in [1.82, 2.24) is 5.32 Å². The Balaban J connectivity index is 2.35. The minimum atomic E-state index is 0.0636. The molecular weight excluding hydrogens is 278 g/mol. The highest BCUT2D eigenvalue weighted by Crippen LogP contribution is 2.41. The zero-order valence-electron chi connectivity index (χ0n) is 12.2. The maximum atomic E-state index is 6.34. The molecule has 112 valence electrons. The van der Waals surface area contributed by atoms with E-state index in [9.17, 15) is 0 Å². The molecule has 0 bridgehead atoms. The van der Waals surface area contributed by atoms with Crippen molar-refractivity contribution in [3.63, 3.8) is 0 Å². The number of likely N-dealkylation sites (N-methyl/N-ethyl adjacent to an activating group) is 1. The molecule has 1 fully saturated rings. The lowest BCUT2D eigenvalue weighted by molar-refractivity contribution is -0.00706. The van der Waals surface area contributed by atoms with E-state index in [-0.39, 0.29) is 12.1 Å². The third kappa shape index (κ3) is 3.03. The van der Waals surface area contributed by atoms with Crippen LogP contribution in [0.25, 0.3) is 0 Å². The molecule has 1 N–H and O–H groups in total. The van der Waals surface area contributed by atoms with Gasteiger partial charge in [-0.05, 0) is 38.4 Å². The van der Waals surface area contributed by atoms with Gasteiger partial charge in [-0.15, -0.1) is 0 Å². The normalized spacial score (nSPS) is 20.5. The molecule has 0 radical (unpaired) electrons. The van der Waals surface area contributed by atoms with Crippen molar-refractivity contribution < 1.29 is 14.2 Å². The second kappa shape index (κ2) is 7.16. The SMILES string of the molecule is CNC(c1ccc(OC)c(Cl)c1OC)C1CCCCO1. The fourth-order valence-corrected chi connectivity index (χ4v) is 3.06. The summed E-state index contributed by atoms with van der Waals surface area (Å²) in [6.45, 7) is 0.815. The molecule has 0 aromatic heterocycles. The van der Waals surface area contributed by atoms with E-state index in [0.717, 1.165) is 25.0 Å². The number of halogens is 1. The molecule has 1 saturated heterocycles. The van der Waals surface area contributed by atoms with Gasteiger partial charge in [0.05, 0.1) is 26.4 Å². The molecule has 1 aliphatic heterocycles. The smallest absolute Gasteiger partial charge is 0.146 e. The zero-order chi connectivity index (χ0) is 14.5. The zero-order valence-corrected chi connectivity index (χ0v) is 13.0. The number of benzene rings is 1. The molecule has 0 aliphatic carbocycles. The number of hydrogen-bond donors (Lipinski definition) is 1. The van der Waals surface area contributed by atoms with Gasteiger partial charge in [0.2, 0.25) is 0 Å². The molecule has 20 heavy (non-hydrogen) atoms. The van der Waals surface area contributed by atoms with E-state index in [0.29, 0.717) is 16.5 Å². The van der Waals surface area contributed by atoms with Gasteiger partial charge in [-0.1, -0.05) is 11.6 Å². The third-order valence-corrected chi connectivity index (χ3v) is 4.11. The van der Waals surface area contributed by atoms with Gasteiger partial charge in [0, 0.05) is 12.2 Å². The summed E-state index contributed by atoms with van der Waals surface area (Å²) in [6, 6.07) is 3.92. The van der Waals surface area contributed by atoms with Crippen LogP contribution in [0.1, 0.15) is 30.9 Å². The Morgan fingerprint density at radius 1 is 1.30 bits per heavy atom. The Bertz CT molecular complexity index is 447. The number of ether oxygens (including phenoxy) is 3. The predicted octanol–water partition coefficient (Wildman–Crippen LogP) is 3.19. The van der Waals surface area contributed by atoms with Crippen LogP contribution in [0.3, 0.4) is 0 Å². The first kappa shape index (κ1) is 15.4. The Morgan fingerprint density at radius 2 is 2.10 bits per heavy atom. The van der Waals surface area contributed by atoms with Crippen LogP contribution in [0.5, 0.6) is 11.5 Å². The van der Waals surface area contributed by atoms with Crippen molar-refractivity contribution in [2.75, 3.05) is 27.9 Å². The van der Waals surface area contributed by atoms with E-state index >= 15 is 0 Å². The average molecular weight is 300 g/mol. The van der Waals surface area contributed by atoms with Gasteiger partial charge in [-0.25, -0.2) is 0 Å². The van der Waals surface area contributed by atoms with E-state index in [1.807, 2.05) is 19.2 Å². The Kier molecular flexibility index (Phi) is 5.52. The lowest BCUT2D eigenvalue weighted by atomic mass is 9.95. The minimum absolute atomic E-state index is 0.0636. The highest BCUT2D eigenvalue weighted by molar-refractivity contribution is 6.33. The largest absolute Gasteiger partial charge is 0.495 e. The molecule has 1 aromatic carbocycles. The summed E-state index contributed by atoms with van der Waals surface area (Å²) in [5, 5.41) is 3.83. The van der Waals surface area contributed by atoms with E-state index in [1.54, 1.807) is 14.2 Å². The van der Waals surface area contributed by atoms with Crippen molar-refractivity contribution in [1.29, 1.82) is 0 Å². The summed E-state index contributed by atoms with van der Waals surface area (Å²) >= 11 is 6.34. The summed E-state index contributed by atoms with van der Waals surface area (Å²) in [4.78, 5) is 0. The standard InChI is InChI=1S/C15H22ClNO3/c1-17-14(12-6-4-5-9-20-12)10-7-8-11(18-2)13(16)15(10)19-3/h7-8,12,14,17H,4-6,9H2,1-3H3. The van der Waals surface area contributed by atoms with Crippen molar-refractivity contribution in [3.05, 3.63) is 22.7 Å². The number of rotatable bonds is 5. The first-order valence-electron chi connectivity index (χ1n) is 6.92. The van der Waals surface area contributed by atoms with Crippen molar-refractivity contribution in [2.24, 2.45) is 0 Å². The molecule has 5 heteroatoms. The van der Waals surface area contributed by atoms with Gasteiger partial charge in [-0.2, -0.15) is 0 Å². The van der Waals surface area contributed by atoms with Gasteiger partial charge < -0.3 is 19.5 Å². The Hall–Kier alpha value is -0.970. The second-order valence-electron chi connectivity index (χ2n) is 4.88. The second-order valence-corrected chi connectivity index (χ2v) is 5.25. The fraction of sp³-hybridized carbons (Fsp3) is 0.600. The monoisotopic (exact) mass is 299 g/mol. The van der Waals surface area contributed by atoms with Gasteiger partial charge in [0.25, 0.3) is 0 Å². The van der Waals surface area contributed by atoms with Crippen LogP contribution in [0, 0.1) is 0 Å². The quantitative estimate of drug-likeness (QED) is 0.906. The summed E-state index contributed by atoms with van der Waals surface area (Å²) < 4.78 is 16.6. The molecule has 2 atom stereocenters. The van der Waals surface area contributed by atoms with Gasteiger partial charge >= 0.3 is 0 Å². The van der Waals surface area contributed by atoms with Crippen LogP contribution >= 0.6 is 11.6 Å². The molecule has 0 spiro atoms. The van der Waals surface area contributed by atoms with Crippen LogP contribution in [0.4, 0.5) is 0 Å². The molecule has 0 amide bonds. The van der Waals surface area contributed by atoms with Crippen LogP contribution < -0.4 is 14.8 Å². The van der Waals surface area contributed by atoms with Gasteiger partial charge in [0.15, 0.2) is 0 Å². The Labute approximate surface area is 125 Å². The van der Waals surface area contributed by atoms with Crippen molar-refractivity contribution in [2.45, 2.75) is 31.4 Å². The topological polar surface area (TPSA) is 39.7 Å². The highest BCUT2D eigenvalue weighted by atomic mass is 35.5. The van der Waals surface area contributed by atoms with Crippen molar-refractivity contribution >= 4 is 11.6 Å². The maximum Gasteiger partial charge on any atom is 0.146 e. The summed E-state index contributed by atoms with van der Waals surface area (Å²) in [5.74, 6) is 1.27. The van der Waals surface area contributed by atoms with Crippen LogP contribution in [-0.4, -0.2) is 34.0 Å². The molecule has 4 nitrogen and oxygen atoms in total. The minimum Gasteiger partial charge on any atom is -0.495 e. The van der Waals surface area contributed by atoms with E-state index < -0.39 is 0 Å². The van der Waals surface area contributed by atoms with Crippen LogP contribution in [0.15, 0.2) is 12.1 Å². The molecule has 1 aromatic rings. The number of nitrogens with one attached hydrogen (secondary N) is 1.